The van der Waals surface area contributed by atoms with Crippen LogP contribution in [0.25, 0.3) is 0 Å². The van der Waals surface area contributed by atoms with Gasteiger partial charge in [-0.05, 0) is 18.6 Å². The molecule has 0 saturated carbocycles. The van der Waals surface area contributed by atoms with E-state index in [2.05, 4.69) is 40.4 Å². The van der Waals surface area contributed by atoms with Gasteiger partial charge in [0.1, 0.15) is 6.04 Å². The number of nitrogens with zero attached hydrogens (tertiary/aromatic N) is 2. The van der Waals surface area contributed by atoms with E-state index in [0.717, 1.165) is 36.5 Å². The predicted molar refractivity (Wildman–Crippen MR) is 80.0 cm³/mol. The lowest BCUT2D eigenvalue weighted by atomic mass is 10.1. The van der Waals surface area contributed by atoms with Crippen LogP contribution in [-0.4, -0.2) is 33.4 Å². The number of H-pyrrole nitrogens is 1. The fraction of sp³-hybridized carbons (Fsp3) is 0.375. The summed E-state index contributed by atoms with van der Waals surface area (Å²) >= 11 is 0. The molecule has 0 radical (unpaired) electrons. The van der Waals surface area contributed by atoms with Crippen LogP contribution in [0.2, 0.25) is 0 Å². The predicted octanol–water partition coefficient (Wildman–Crippen LogP) is 1.64. The van der Waals surface area contributed by atoms with Gasteiger partial charge in [0.15, 0.2) is 0 Å². The summed E-state index contributed by atoms with van der Waals surface area (Å²) in [5, 5.41) is 3.36. The normalized spacial score (nSPS) is 19.9. The minimum absolute atomic E-state index is 0.133. The minimum Gasteiger partial charge on any atom is -0.373 e. The second-order valence-corrected chi connectivity index (χ2v) is 5.90. The van der Waals surface area contributed by atoms with Crippen molar-refractivity contribution in [1.29, 1.82) is 0 Å². The molecule has 2 aromatic rings. The number of aromatic amines is 1. The number of aromatic nitrogens is 2. The Morgan fingerprint density at radius 1 is 1.43 bits per heavy atom. The number of fused-ring (bicyclic) bond motifs is 2. The molecule has 4 rings (SSSR count). The second-order valence-electron chi connectivity index (χ2n) is 5.90. The molecule has 5 nitrogen and oxygen atoms in total. The van der Waals surface area contributed by atoms with Crippen molar-refractivity contribution < 1.29 is 4.79 Å². The number of carbonyl (C=O) groups is 1. The molecule has 21 heavy (non-hydrogen) atoms. The summed E-state index contributed by atoms with van der Waals surface area (Å²) in [4.78, 5) is 22.1. The van der Waals surface area contributed by atoms with Crippen LogP contribution in [0.4, 0.5) is 5.69 Å². The maximum absolute atomic E-state index is 12.7. The van der Waals surface area contributed by atoms with Gasteiger partial charge in [-0.3, -0.25) is 4.79 Å². The third kappa shape index (κ3) is 2.09. The largest absolute Gasteiger partial charge is 0.373 e. The van der Waals surface area contributed by atoms with E-state index in [1.54, 1.807) is 6.33 Å². The fourth-order valence-electron chi connectivity index (χ4n) is 3.26. The first-order valence-electron chi connectivity index (χ1n) is 7.36. The Bertz CT molecular complexity index is 706. The molecule has 2 aliphatic heterocycles. The van der Waals surface area contributed by atoms with Crippen LogP contribution in [0, 0.1) is 6.92 Å². The third-order valence-electron chi connectivity index (χ3n) is 4.40. The van der Waals surface area contributed by atoms with E-state index >= 15 is 0 Å². The molecular formula is C16H18N4O. The fourth-order valence-corrected chi connectivity index (χ4v) is 3.26. The number of amides is 1. The zero-order valence-corrected chi connectivity index (χ0v) is 12.0. The SMILES string of the molecule is Cc1ccc2c(c1)C[C@@H](C(=O)N1CCc3nc[nH]c3C1)N2. The zero-order chi connectivity index (χ0) is 14.4. The molecule has 2 aliphatic rings. The summed E-state index contributed by atoms with van der Waals surface area (Å²) in [6, 6.07) is 6.18. The Balaban J connectivity index is 1.50. The molecule has 1 amide bonds. The number of rotatable bonds is 1. The van der Waals surface area contributed by atoms with Crippen molar-refractivity contribution in [3.8, 4) is 0 Å². The van der Waals surface area contributed by atoms with Crippen LogP contribution < -0.4 is 5.32 Å². The summed E-state index contributed by atoms with van der Waals surface area (Å²) < 4.78 is 0. The van der Waals surface area contributed by atoms with Crippen LogP contribution >= 0.6 is 0 Å². The number of hydrogen-bond acceptors (Lipinski definition) is 3. The number of benzene rings is 1. The van der Waals surface area contributed by atoms with Crippen molar-refractivity contribution in [3.63, 3.8) is 0 Å². The first-order valence-corrected chi connectivity index (χ1v) is 7.36. The smallest absolute Gasteiger partial charge is 0.245 e. The number of hydrogen-bond donors (Lipinski definition) is 2. The lowest BCUT2D eigenvalue weighted by Gasteiger charge is -2.28. The molecule has 1 aromatic heterocycles. The molecule has 5 heteroatoms. The van der Waals surface area contributed by atoms with Gasteiger partial charge in [0, 0.05) is 25.1 Å². The Morgan fingerprint density at radius 2 is 2.33 bits per heavy atom. The highest BCUT2D eigenvalue weighted by Gasteiger charge is 2.32. The van der Waals surface area contributed by atoms with Crippen LogP contribution in [0.3, 0.4) is 0 Å². The highest BCUT2D eigenvalue weighted by Crippen LogP contribution is 2.28. The van der Waals surface area contributed by atoms with E-state index in [9.17, 15) is 4.79 Å². The van der Waals surface area contributed by atoms with Gasteiger partial charge in [-0.15, -0.1) is 0 Å². The first-order chi connectivity index (χ1) is 10.2. The molecule has 3 heterocycles. The van der Waals surface area contributed by atoms with Crippen molar-refractivity contribution in [1.82, 2.24) is 14.9 Å². The Morgan fingerprint density at radius 3 is 3.24 bits per heavy atom. The van der Waals surface area contributed by atoms with E-state index in [4.69, 9.17) is 0 Å². The molecule has 0 saturated heterocycles. The van der Waals surface area contributed by atoms with Crippen molar-refractivity contribution in [2.45, 2.75) is 32.4 Å². The van der Waals surface area contributed by atoms with Gasteiger partial charge in [0.25, 0.3) is 0 Å². The van der Waals surface area contributed by atoms with E-state index in [1.807, 2.05) is 4.90 Å². The zero-order valence-electron chi connectivity index (χ0n) is 12.0. The molecule has 1 atom stereocenters. The van der Waals surface area contributed by atoms with Crippen molar-refractivity contribution >= 4 is 11.6 Å². The summed E-state index contributed by atoms with van der Waals surface area (Å²) in [5.74, 6) is 0.184. The van der Waals surface area contributed by atoms with Gasteiger partial charge < -0.3 is 15.2 Å². The van der Waals surface area contributed by atoms with E-state index in [1.165, 1.54) is 11.1 Å². The Hall–Kier alpha value is -2.30. The average Bonchev–Trinajstić information content (AvgIpc) is 3.11. The number of carbonyl (C=O) groups excluding carboxylic acids is 1. The summed E-state index contributed by atoms with van der Waals surface area (Å²) in [6.07, 6.45) is 3.33. The molecule has 108 valence electrons. The molecular weight excluding hydrogens is 264 g/mol. The lowest BCUT2D eigenvalue weighted by molar-refractivity contribution is -0.132. The molecule has 0 unspecified atom stereocenters. The molecule has 2 N–H and O–H groups in total. The number of aryl methyl sites for hydroxylation is 1. The van der Waals surface area contributed by atoms with E-state index in [-0.39, 0.29) is 11.9 Å². The molecule has 1 aromatic carbocycles. The van der Waals surface area contributed by atoms with Crippen LogP contribution in [0.15, 0.2) is 24.5 Å². The Labute approximate surface area is 123 Å². The first kappa shape index (κ1) is 12.4. The molecule has 0 bridgehead atoms. The number of anilines is 1. The van der Waals surface area contributed by atoms with Gasteiger partial charge in [0.05, 0.1) is 24.3 Å². The van der Waals surface area contributed by atoms with Crippen molar-refractivity contribution in [3.05, 3.63) is 47.0 Å². The van der Waals surface area contributed by atoms with E-state index < -0.39 is 0 Å². The van der Waals surface area contributed by atoms with E-state index in [0.29, 0.717) is 6.54 Å². The van der Waals surface area contributed by atoms with Gasteiger partial charge in [-0.1, -0.05) is 17.7 Å². The van der Waals surface area contributed by atoms with Crippen molar-refractivity contribution in [2.24, 2.45) is 0 Å². The van der Waals surface area contributed by atoms with Crippen LogP contribution in [0.5, 0.6) is 0 Å². The quantitative estimate of drug-likeness (QED) is 0.836. The number of imidazole rings is 1. The summed E-state index contributed by atoms with van der Waals surface area (Å²) in [6.45, 7) is 3.48. The average molecular weight is 282 g/mol. The van der Waals surface area contributed by atoms with Gasteiger partial charge in [-0.2, -0.15) is 0 Å². The van der Waals surface area contributed by atoms with Crippen LogP contribution in [0.1, 0.15) is 22.5 Å². The minimum atomic E-state index is -0.133. The standard InChI is InChI=1S/C16H18N4O/c1-10-2-3-12-11(6-10)7-14(19-12)16(21)20-5-4-13-15(8-20)18-9-17-13/h2-3,6,9,14,19H,4-5,7-8H2,1H3,(H,17,18)/t14-/m0/s1. The monoisotopic (exact) mass is 282 g/mol. The van der Waals surface area contributed by atoms with Gasteiger partial charge in [0.2, 0.25) is 5.91 Å². The van der Waals surface area contributed by atoms with Crippen molar-refractivity contribution in [2.75, 3.05) is 11.9 Å². The third-order valence-corrected chi connectivity index (χ3v) is 4.40. The van der Waals surface area contributed by atoms with Gasteiger partial charge >= 0.3 is 0 Å². The summed E-state index contributed by atoms with van der Waals surface area (Å²) in [5.41, 5.74) is 5.74. The second kappa shape index (κ2) is 4.62. The van der Waals surface area contributed by atoms with Crippen LogP contribution in [-0.2, 0) is 24.2 Å². The lowest BCUT2D eigenvalue weighted by Crippen LogP contribution is -2.44. The molecule has 0 aliphatic carbocycles. The summed E-state index contributed by atoms with van der Waals surface area (Å²) in [7, 11) is 0. The highest BCUT2D eigenvalue weighted by atomic mass is 16.2. The maximum atomic E-state index is 12.7. The molecule has 0 spiro atoms. The Kier molecular flexibility index (Phi) is 2.74. The maximum Gasteiger partial charge on any atom is 0.245 e. The number of nitrogens with one attached hydrogen (secondary N) is 2. The molecule has 0 fully saturated rings. The van der Waals surface area contributed by atoms with Gasteiger partial charge in [-0.25, -0.2) is 4.98 Å². The highest BCUT2D eigenvalue weighted by molar-refractivity contribution is 5.87. The topological polar surface area (TPSA) is 61.0 Å².